The number of hydrogen-bond acceptors (Lipinski definition) is 2. The summed E-state index contributed by atoms with van der Waals surface area (Å²) in [5.41, 5.74) is 1.03. The van der Waals surface area contributed by atoms with Gasteiger partial charge in [-0.05, 0) is 37.5 Å². The van der Waals surface area contributed by atoms with Crippen LogP contribution in [0.4, 0.5) is 0 Å². The summed E-state index contributed by atoms with van der Waals surface area (Å²) in [6.45, 7) is 4.10. The van der Waals surface area contributed by atoms with Crippen LogP contribution in [0.25, 0.3) is 0 Å². The Hall–Kier alpha value is -1.51. The third-order valence-corrected chi connectivity index (χ3v) is 2.46. The third-order valence-electron chi connectivity index (χ3n) is 2.46. The molecule has 0 bridgehead atoms. The number of carboxylic acid groups (broad SMARTS) is 1. The van der Waals surface area contributed by atoms with Gasteiger partial charge >= 0.3 is 5.97 Å². The Morgan fingerprint density at radius 2 is 2.00 bits per heavy atom. The molecule has 88 valence electrons. The molecule has 16 heavy (non-hydrogen) atoms. The Bertz CT molecular complexity index is 330. The zero-order chi connectivity index (χ0) is 12.0. The summed E-state index contributed by atoms with van der Waals surface area (Å²) in [5.74, 6) is 0.0772. The van der Waals surface area contributed by atoms with Gasteiger partial charge in [-0.1, -0.05) is 19.1 Å². The molecule has 0 fully saturated rings. The second kappa shape index (κ2) is 6.16. The van der Waals surface area contributed by atoms with Crippen LogP contribution in [0.1, 0.15) is 32.3 Å². The molecule has 0 aromatic heterocycles. The van der Waals surface area contributed by atoms with E-state index in [1.54, 1.807) is 0 Å². The average Bonchev–Trinajstić information content (AvgIpc) is 2.28. The minimum absolute atomic E-state index is 0.172. The highest BCUT2D eigenvalue weighted by Crippen LogP contribution is 2.15. The standard InChI is InChI=1S/C13H18O3/c1-3-10(2)16-12-7-4-11(5-8-12)6-9-13(14)15/h4-5,7-8,10H,3,6,9H2,1-2H3,(H,14,15). The predicted octanol–water partition coefficient (Wildman–Crippen LogP) is 2.88. The summed E-state index contributed by atoms with van der Waals surface area (Å²) in [4.78, 5) is 10.4. The molecule has 0 saturated heterocycles. The lowest BCUT2D eigenvalue weighted by Gasteiger charge is -2.12. The van der Waals surface area contributed by atoms with Gasteiger partial charge in [-0.15, -0.1) is 0 Å². The van der Waals surface area contributed by atoms with Crippen LogP contribution >= 0.6 is 0 Å². The van der Waals surface area contributed by atoms with E-state index in [0.717, 1.165) is 17.7 Å². The fourth-order valence-electron chi connectivity index (χ4n) is 1.30. The Morgan fingerprint density at radius 3 is 2.50 bits per heavy atom. The van der Waals surface area contributed by atoms with Crippen LogP contribution in [-0.4, -0.2) is 17.2 Å². The molecule has 1 N–H and O–H groups in total. The van der Waals surface area contributed by atoms with Crippen molar-refractivity contribution in [3.8, 4) is 5.75 Å². The van der Waals surface area contributed by atoms with Crippen molar-refractivity contribution in [2.75, 3.05) is 0 Å². The van der Waals surface area contributed by atoms with Crippen LogP contribution in [0.3, 0.4) is 0 Å². The van der Waals surface area contributed by atoms with Crippen molar-refractivity contribution >= 4 is 5.97 Å². The van der Waals surface area contributed by atoms with Gasteiger partial charge in [-0.25, -0.2) is 0 Å². The number of ether oxygens (including phenoxy) is 1. The van der Waals surface area contributed by atoms with Crippen LogP contribution in [0.15, 0.2) is 24.3 Å². The van der Waals surface area contributed by atoms with Crippen molar-refractivity contribution in [1.29, 1.82) is 0 Å². The highest BCUT2D eigenvalue weighted by molar-refractivity contribution is 5.67. The second-order valence-corrected chi connectivity index (χ2v) is 3.87. The number of benzene rings is 1. The fourth-order valence-corrected chi connectivity index (χ4v) is 1.30. The third kappa shape index (κ3) is 4.34. The minimum atomic E-state index is -0.764. The first-order valence-corrected chi connectivity index (χ1v) is 5.59. The first kappa shape index (κ1) is 12.6. The Labute approximate surface area is 96.1 Å². The van der Waals surface area contributed by atoms with E-state index >= 15 is 0 Å². The molecule has 0 aliphatic heterocycles. The minimum Gasteiger partial charge on any atom is -0.491 e. The molecular weight excluding hydrogens is 204 g/mol. The molecule has 1 unspecified atom stereocenters. The molecule has 0 amide bonds. The van der Waals surface area contributed by atoms with E-state index in [9.17, 15) is 4.79 Å². The van der Waals surface area contributed by atoms with Crippen molar-refractivity contribution in [3.05, 3.63) is 29.8 Å². The Balaban J connectivity index is 2.50. The van der Waals surface area contributed by atoms with Crippen molar-refractivity contribution in [2.24, 2.45) is 0 Å². The lowest BCUT2D eigenvalue weighted by Crippen LogP contribution is -2.09. The van der Waals surface area contributed by atoms with Crippen molar-refractivity contribution < 1.29 is 14.6 Å². The van der Waals surface area contributed by atoms with Crippen LogP contribution in [0.5, 0.6) is 5.75 Å². The molecule has 1 aromatic carbocycles. The van der Waals surface area contributed by atoms with Gasteiger partial charge in [0.05, 0.1) is 6.10 Å². The molecular formula is C13H18O3. The highest BCUT2D eigenvalue weighted by atomic mass is 16.5. The Morgan fingerprint density at radius 1 is 1.38 bits per heavy atom. The normalized spacial score (nSPS) is 12.1. The van der Waals surface area contributed by atoms with Gasteiger partial charge in [0.15, 0.2) is 0 Å². The molecule has 1 atom stereocenters. The molecule has 0 heterocycles. The largest absolute Gasteiger partial charge is 0.491 e. The topological polar surface area (TPSA) is 46.5 Å². The SMILES string of the molecule is CCC(C)Oc1ccc(CCC(=O)O)cc1. The maximum absolute atomic E-state index is 10.4. The fraction of sp³-hybridized carbons (Fsp3) is 0.462. The number of rotatable bonds is 6. The zero-order valence-electron chi connectivity index (χ0n) is 9.77. The molecule has 1 aromatic rings. The summed E-state index contributed by atoms with van der Waals surface area (Å²) in [6, 6.07) is 7.62. The summed E-state index contributed by atoms with van der Waals surface area (Å²) in [6.07, 6.45) is 1.93. The summed E-state index contributed by atoms with van der Waals surface area (Å²) >= 11 is 0. The van der Waals surface area contributed by atoms with Crippen LogP contribution in [-0.2, 0) is 11.2 Å². The monoisotopic (exact) mass is 222 g/mol. The number of aliphatic carboxylic acids is 1. The van der Waals surface area contributed by atoms with Crippen molar-refractivity contribution in [1.82, 2.24) is 0 Å². The predicted molar refractivity (Wildman–Crippen MR) is 62.8 cm³/mol. The van der Waals surface area contributed by atoms with Crippen LogP contribution < -0.4 is 4.74 Å². The molecule has 3 heteroatoms. The Kier molecular flexibility index (Phi) is 4.83. The molecule has 1 rings (SSSR count). The molecule has 0 radical (unpaired) electrons. The molecule has 0 spiro atoms. The van der Waals surface area contributed by atoms with E-state index in [1.807, 2.05) is 31.2 Å². The van der Waals surface area contributed by atoms with Gasteiger partial charge in [-0.3, -0.25) is 4.79 Å². The van der Waals surface area contributed by atoms with E-state index in [0.29, 0.717) is 6.42 Å². The van der Waals surface area contributed by atoms with Gasteiger partial charge in [-0.2, -0.15) is 0 Å². The lowest BCUT2D eigenvalue weighted by atomic mass is 10.1. The average molecular weight is 222 g/mol. The van der Waals surface area contributed by atoms with Gasteiger partial charge in [0.1, 0.15) is 5.75 Å². The first-order valence-electron chi connectivity index (χ1n) is 5.59. The maximum atomic E-state index is 10.4. The number of hydrogen-bond donors (Lipinski definition) is 1. The second-order valence-electron chi connectivity index (χ2n) is 3.87. The summed E-state index contributed by atoms with van der Waals surface area (Å²) < 4.78 is 5.63. The van der Waals surface area contributed by atoms with E-state index in [1.165, 1.54) is 0 Å². The quantitative estimate of drug-likeness (QED) is 0.805. The van der Waals surface area contributed by atoms with Crippen molar-refractivity contribution in [3.63, 3.8) is 0 Å². The smallest absolute Gasteiger partial charge is 0.303 e. The lowest BCUT2D eigenvalue weighted by molar-refractivity contribution is -0.136. The summed E-state index contributed by atoms with van der Waals surface area (Å²) in [7, 11) is 0. The van der Waals surface area contributed by atoms with Gasteiger partial charge in [0.25, 0.3) is 0 Å². The number of aryl methyl sites for hydroxylation is 1. The summed E-state index contributed by atoms with van der Waals surface area (Å²) in [5, 5.41) is 8.56. The molecule has 0 aliphatic carbocycles. The molecule has 0 saturated carbocycles. The van der Waals surface area contributed by atoms with Gasteiger partial charge in [0, 0.05) is 6.42 Å². The van der Waals surface area contributed by atoms with Crippen LogP contribution in [0, 0.1) is 0 Å². The zero-order valence-corrected chi connectivity index (χ0v) is 9.77. The molecule has 3 nitrogen and oxygen atoms in total. The van der Waals surface area contributed by atoms with E-state index in [-0.39, 0.29) is 12.5 Å². The van der Waals surface area contributed by atoms with E-state index in [4.69, 9.17) is 9.84 Å². The van der Waals surface area contributed by atoms with Gasteiger partial charge < -0.3 is 9.84 Å². The number of carbonyl (C=O) groups is 1. The van der Waals surface area contributed by atoms with Crippen molar-refractivity contribution in [2.45, 2.75) is 39.2 Å². The maximum Gasteiger partial charge on any atom is 0.303 e. The highest BCUT2D eigenvalue weighted by Gasteiger charge is 2.02. The van der Waals surface area contributed by atoms with Gasteiger partial charge in [0.2, 0.25) is 0 Å². The number of carboxylic acids is 1. The first-order chi connectivity index (χ1) is 7.61. The van der Waals surface area contributed by atoms with E-state index < -0.39 is 5.97 Å². The van der Waals surface area contributed by atoms with E-state index in [2.05, 4.69) is 6.92 Å². The molecule has 0 aliphatic rings. The van der Waals surface area contributed by atoms with Crippen LogP contribution in [0.2, 0.25) is 0 Å².